The summed E-state index contributed by atoms with van der Waals surface area (Å²) >= 11 is 0. The zero-order valence-electron chi connectivity index (χ0n) is 14.8. The van der Waals surface area contributed by atoms with E-state index >= 15 is 0 Å². The molecule has 25 heavy (non-hydrogen) atoms. The quantitative estimate of drug-likeness (QED) is 0.790. The number of para-hydroxylation sites is 1. The van der Waals surface area contributed by atoms with Gasteiger partial charge in [0.15, 0.2) is 0 Å². The van der Waals surface area contributed by atoms with Crippen LogP contribution in [0.4, 0.5) is 11.6 Å². The van der Waals surface area contributed by atoms with E-state index in [1.807, 2.05) is 58.3 Å². The molecule has 0 saturated carbocycles. The predicted molar refractivity (Wildman–Crippen MR) is 100 cm³/mol. The van der Waals surface area contributed by atoms with Crippen LogP contribution in [0.15, 0.2) is 42.6 Å². The average molecular weight is 335 g/mol. The number of benzene rings is 1. The van der Waals surface area contributed by atoms with Gasteiger partial charge in [-0.3, -0.25) is 9.78 Å². The maximum atomic E-state index is 12.8. The summed E-state index contributed by atoms with van der Waals surface area (Å²) in [5.74, 6) is 0.449. The smallest absolute Gasteiger partial charge is 0.274 e. The lowest BCUT2D eigenvalue weighted by Crippen LogP contribution is -2.20. The first-order chi connectivity index (χ1) is 12.0. The zero-order chi connectivity index (χ0) is 18.0. The van der Waals surface area contributed by atoms with E-state index in [-0.39, 0.29) is 11.8 Å². The Balaban J connectivity index is 1.98. The summed E-state index contributed by atoms with van der Waals surface area (Å²) in [6, 6.07) is 11.3. The lowest BCUT2D eigenvalue weighted by atomic mass is 10.1. The Kier molecular flexibility index (Phi) is 4.61. The Labute approximate surface area is 146 Å². The number of rotatable bonds is 4. The highest BCUT2D eigenvalue weighted by Crippen LogP contribution is 2.22. The largest absolute Gasteiger partial charge is 0.347 e. The van der Waals surface area contributed by atoms with Crippen molar-refractivity contribution in [3.8, 4) is 0 Å². The second-order valence-corrected chi connectivity index (χ2v) is 6.36. The van der Waals surface area contributed by atoms with Gasteiger partial charge in [-0.15, -0.1) is 0 Å². The molecule has 0 aliphatic carbocycles. The molecule has 1 N–H and O–H groups in total. The fourth-order valence-electron chi connectivity index (χ4n) is 2.46. The normalized spacial score (nSPS) is 10.9. The summed E-state index contributed by atoms with van der Waals surface area (Å²) in [4.78, 5) is 27.8. The molecule has 0 unspecified atom stereocenters. The first-order valence-electron chi connectivity index (χ1n) is 8.17. The fourth-order valence-corrected chi connectivity index (χ4v) is 2.46. The number of nitrogens with one attached hydrogen (secondary N) is 1. The number of pyridine rings is 1. The molecule has 0 spiro atoms. The van der Waals surface area contributed by atoms with Gasteiger partial charge in [-0.05, 0) is 24.1 Å². The Morgan fingerprint density at radius 2 is 1.88 bits per heavy atom. The first-order valence-corrected chi connectivity index (χ1v) is 8.17. The molecule has 6 heteroatoms. The minimum atomic E-state index is -0.273. The van der Waals surface area contributed by atoms with Gasteiger partial charge in [0, 0.05) is 31.4 Å². The second kappa shape index (κ2) is 6.84. The van der Waals surface area contributed by atoms with Crippen LogP contribution in [0.3, 0.4) is 0 Å². The maximum absolute atomic E-state index is 12.8. The van der Waals surface area contributed by atoms with Crippen LogP contribution in [0, 0.1) is 0 Å². The van der Waals surface area contributed by atoms with E-state index < -0.39 is 0 Å². The summed E-state index contributed by atoms with van der Waals surface area (Å²) in [7, 11) is 3.71. The average Bonchev–Trinajstić information content (AvgIpc) is 2.61. The molecule has 2 aromatic heterocycles. The highest BCUT2D eigenvalue weighted by atomic mass is 16.1. The Hall–Kier alpha value is -3.02. The van der Waals surface area contributed by atoms with E-state index in [1.165, 1.54) is 0 Å². The van der Waals surface area contributed by atoms with Gasteiger partial charge in [0.1, 0.15) is 5.69 Å². The molecule has 0 aliphatic rings. The van der Waals surface area contributed by atoms with Gasteiger partial charge in [-0.2, -0.15) is 0 Å². The molecule has 1 aromatic carbocycles. The van der Waals surface area contributed by atoms with Gasteiger partial charge in [0.2, 0.25) is 5.95 Å². The fraction of sp³-hybridized carbons (Fsp3) is 0.263. The predicted octanol–water partition coefficient (Wildman–Crippen LogP) is 3.47. The van der Waals surface area contributed by atoms with E-state index in [0.717, 1.165) is 16.6 Å². The second-order valence-electron chi connectivity index (χ2n) is 6.36. The van der Waals surface area contributed by atoms with Crippen molar-refractivity contribution < 1.29 is 4.79 Å². The molecule has 6 nitrogen and oxygen atoms in total. The SMILES string of the molecule is CC(C)c1cc(C(=O)Nc2cccc3cccnc23)nc(N(C)C)n1. The number of aromatic nitrogens is 3. The van der Waals surface area contributed by atoms with Gasteiger partial charge in [0.25, 0.3) is 5.91 Å². The van der Waals surface area contributed by atoms with Crippen LogP contribution in [-0.4, -0.2) is 35.0 Å². The number of carbonyl (C=O) groups excluding carboxylic acids is 1. The molecule has 0 bridgehead atoms. The van der Waals surface area contributed by atoms with Crippen molar-refractivity contribution >= 4 is 28.4 Å². The Bertz CT molecular complexity index is 889. The van der Waals surface area contributed by atoms with Crippen LogP contribution in [-0.2, 0) is 0 Å². The Morgan fingerprint density at radius 3 is 2.60 bits per heavy atom. The lowest BCUT2D eigenvalue weighted by molar-refractivity contribution is 0.102. The minimum Gasteiger partial charge on any atom is -0.347 e. The topological polar surface area (TPSA) is 71.0 Å². The van der Waals surface area contributed by atoms with Crippen LogP contribution in [0.1, 0.15) is 35.9 Å². The van der Waals surface area contributed by atoms with Gasteiger partial charge in [0.05, 0.1) is 11.2 Å². The molecule has 0 saturated heterocycles. The van der Waals surface area contributed by atoms with E-state index in [0.29, 0.717) is 17.3 Å². The van der Waals surface area contributed by atoms with Crippen molar-refractivity contribution in [1.29, 1.82) is 0 Å². The van der Waals surface area contributed by atoms with Crippen molar-refractivity contribution in [2.75, 3.05) is 24.3 Å². The Morgan fingerprint density at radius 1 is 1.12 bits per heavy atom. The number of carbonyl (C=O) groups is 1. The maximum Gasteiger partial charge on any atom is 0.274 e. The van der Waals surface area contributed by atoms with Gasteiger partial charge in [-0.1, -0.05) is 32.0 Å². The van der Waals surface area contributed by atoms with Gasteiger partial charge < -0.3 is 10.2 Å². The molecule has 2 heterocycles. The highest BCUT2D eigenvalue weighted by molar-refractivity contribution is 6.07. The first kappa shape index (κ1) is 16.8. The number of fused-ring (bicyclic) bond motifs is 1. The standard InChI is InChI=1S/C19H21N5O/c1-12(2)15-11-16(23-19(22-15)24(3)4)18(25)21-14-9-5-7-13-8-6-10-20-17(13)14/h5-12H,1-4H3,(H,21,25). The summed E-state index contributed by atoms with van der Waals surface area (Å²) in [6.45, 7) is 4.08. The lowest BCUT2D eigenvalue weighted by Gasteiger charge is -2.15. The monoisotopic (exact) mass is 335 g/mol. The number of hydrogen-bond acceptors (Lipinski definition) is 5. The molecule has 1 amide bonds. The van der Waals surface area contributed by atoms with Crippen molar-refractivity contribution in [2.45, 2.75) is 19.8 Å². The van der Waals surface area contributed by atoms with E-state index in [9.17, 15) is 4.79 Å². The number of anilines is 2. The van der Waals surface area contributed by atoms with Crippen molar-refractivity contribution in [1.82, 2.24) is 15.0 Å². The molecule has 0 fully saturated rings. The molecule has 3 aromatic rings. The van der Waals surface area contributed by atoms with E-state index in [2.05, 4.69) is 20.3 Å². The molecule has 3 rings (SSSR count). The van der Waals surface area contributed by atoms with Crippen molar-refractivity contribution in [2.24, 2.45) is 0 Å². The van der Waals surface area contributed by atoms with E-state index in [1.54, 1.807) is 17.2 Å². The third-order valence-electron chi connectivity index (χ3n) is 3.84. The number of amides is 1. The minimum absolute atomic E-state index is 0.201. The van der Waals surface area contributed by atoms with Crippen molar-refractivity contribution in [3.63, 3.8) is 0 Å². The third-order valence-corrected chi connectivity index (χ3v) is 3.84. The van der Waals surface area contributed by atoms with Gasteiger partial charge >= 0.3 is 0 Å². The van der Waals surface area contributed by atoms with Crippen LogP contribution in [0.2, 0.25) is 0 Å². The summed E-state index contributed by atoms with van der Waals surface area (Å²) < 4.78 is 0. The van der Waals surface area contributed by atoms with Crippen molar-refractivity contribution in [3.05, 3.63) is 54.0 Å². The van der Waals surface area contributed by atoms with Gasteiger partial charge in [-0.25, -0.2) is 9.97 Å². The van der Waals surface area contributed by atoms with Crippen LogP contribution in [0.25, 0.3) is 10.9 Å². The summed E-state index contributed by atoms with van der Waals surface area (Å²) in [5, 5.41) is 3.90. The zero-order valence-corrected chi connectivity index (χ0v) is 14.8. The molecule has 0 aliphatic heterocycles. The molecule has 128 valence electrons. The third kappa shape index (κ3) is 3.57. The number of hydrogen-bond donors (Lipinski definition) is 1. The van der Waals surface area contributed by atoms with Crippen LogP contribution in [0.5, 0.6) is 0 Å². The summed E-state index contributed by atoms with van der Waals surface area (Å²) in [5.41, 5.74) is 2.60. The molecule has 0 radical (unpaired) electrons. The van der Waals surface area contributed by atoms with Crippen LogP contribution >= 0.6 is 0 Å². The molecular weight excluding hydrogens is 314 g/mol. The molecule has 0 atom stereocenters. The summed E-state index contributed by atoms with van der Waals surface area (Å²) in [6.07, 6.45) is 1.71. The molecular formula is C19H21N5O. The number of nitrogens with zero attached hydrogens (tertiary/aromatic N) is 4. The van der Waals surface area contributed by atoms with Crippen LogP contribution < -0.4 is 10.2 Å². The van der Waals surface area contributed by atoms with E-state index in [4.69, 9.17) is 0 Å². The highest BCUT2D eigenvalue weighted by Gasteiger charge is 2.16.